The molecule has 10 heteroatoms. The van der Waals surface area contributed by atoms with Crippen molar-refractivity contribution < 1.29 is 9.50 Å². The van der Waals surface area contributed by atoms with Gasteiger partial charge in [0.1, 0.15) is 11.6 Å². The molecule has 9 nitrogen and oxygen atoms in total. The van der Waals surface area contributed by atoms with E-state index in [0.29, 0.717) is 5.56 Å². The summed E-state index contributed by atoms with van der Waals surface area (Å²) in [4.78, 5) is 31.0. The highest BCUT2D eigenvalue weighted by Crippen LogP contribution is 2.18. The summed E-state index contributed by atoms with van der Waals surface area (Å²) in [6.45, 7) is 0.196. The lowest BCUT2D eigenvalue weighted by Crippen LogP contribution is -2.29. The second-order valence-corrected chi connectivity index (χ2v) is 6.60. The van der Waals surface area contributed by atoms with E-state index in [-0.39, 0.29) is 35.2 Å². The number of hydrogen-bond acceptors (Lipinski definition) is 6. The van der Waals surface area contributed by atoms with Gasteiger partial charge in [0, 0.05) is 7.05 Å². The van der Waals surface area contributed by atoms with Crippen LogP contribution in [0.5, 0.6) is 5.75 Å². The number of benzene rings is 2. The highest BCUT2D eigenvalue weighted by Gasteiger charge is 2.17. The maximum atomic E-state index is 13.3. The van der Waals surface area contributed by atoms with Crippen LogP contribution in [-0.2, 0) is 13.6 Å². The number of aromatic nitrogens is 4. The summed E-state index contributed by atoms with van der Waals surface area (Å²) in [6, 6.07) is 12.3. The van der Waals surface area contributed by atoms with E-state index >= 15 is 0 Å². The predicted molar refractivity (Wildman–Crippen MR) is 110 cm³/mol. The number of nitrogens with zero attached hydrogens (tertiary/aromatic N) is 4. The van der Waals surface area contributed by atoms with Gasteiger partial charge < -0.3 is 5.11 Å². The molecule has 0 bridgehead atoms. The average molecular weight is 408 g/mol. The van der Waals surface area contributed by atoms with Gasteiger partial charge in [0.2, 0.25) is 5.95 Å². The number of imidazole rings is 1. The Morgan fingerprint density at radius 2 is 2.00 bits per heavy atom. The summed E-state index contributed by atoms with van der Waals surface area (Å²) in [5, 5.41) is 13.7. The van der Waals surface area contributed by atoms with Crippen molar-refractivity contribution in [2.75, 3.05) is 5.43 Å². The normalized spacial score (nSPS) is 11.4. The van der Waals surface area contributed by atoms with Gasteiger partial charge >= 0.3 is 5.69 Å². The number of H-pyrrole nitrogens is 1. The van der Waals surface area contributed by atoms with Gasteiger partial charge in [-0.1, -0.05) is 24.3 Å². The molecular weight excluding hydrogens is 391 g/mol. The minimum atomic E-state index is -0.590. The zero-order valence-corrected chi connectivity index (χ0v) is 15.8. The van der Waals surface area contributed by atoms with Crippen molar-refractivity contribution >= 4 is 23.3 Å². The molecule has 2 aromatic carbocycles. The predicted octanol–water partition coefficient (Wildman–Crippen LogP) is 1.76. The molecule has 0 aliphatic carbocycles. The fourth-order valence-corrected chi connectivity index (χ4v) is 3.02. The van der Waals surface area contributed by atoms with Crippen LogP contribution in [0.2, 0.25) is 0 Å². The largest absolute Gasteiger partial charge is 0.508 e. The molecule has 0 radical (unpaired) electrons. The molecule has 4 aromatic rings. The van der Waals surface area contributed by atoms with E-state index in [2.05, 4.69) is 20.5 Å². The molecule has 0 aliphatic heterocycles. The lowest BCUT2D eigenvalue weighted by molar-refractivity contribution is 0.475. The molecule has 2 heterocycles. The van der Waals surface area contributed by atoms with Gasteiger partial charge in [0.05, 0.1) is 12.8 Å². The highest BCUT2D eigenvalue weighted by molar-refractivity contribution is 5.81. The molecule has 0 spiro atoms. The first kappa shape index (κ1) is 19.1. The summed E-state index contributed by atoms with van der Waals surface area (Å²) in [5.74, 6) is -0.0509. The maximum Gasteiger partial charge on any atom is 0.329 e. The van der Waals surface area contributed by atoms with Gasteiger partial charge in [-0.15, -0.1) is 0 Å². The number of hydrazone groups is 1. The van der Waals surface area contributed by atoms with Crippen LogP contribution >= 0.6 is 0 Å². The van der Waals surface area contributed by atoms with E-state index in [4.69, 9.17) is 0 Å². The molecule has 2 aromatic heterocycles. The van der Waals surface area contributed by atoms with E-state index in [1.807, 2.05) is 0 Å². The van der Waals surface area contributed by atoms with Gasteiger partial charge in [-0.2, -0.15) is 10.1 Å². The molecule has 30 heavy (non-hydrogen) atoms. The van der Waals surface area contributed by atoms with E-state index in [1.165, 1.54) is 36.0 Å². The molecule has 0 unspecified atom stereocenters. The van der Waals surface area contributed by atoms with E-state index in [9.17, 15) is 19.1 Å². The molecule has 0 saturated heterocycles. The van der Waals surface area contributed by atoms with E-state index < -0.39 is 11.2 Å². The van der Waals surface area contributed by atoms with E-state index in [0.717, 1.165) is 5.56 Å². The number of halogens is 1. The van der Waals surface area contributed by atoms with Crippen LogP contribution in [0.3, 0.4) is 0 Å². The van der Waals surface area contributed by atoms with Crippen LogP contribution in [0.1, 0.15) is 11.1 Å². The monoisotopic (exact) mass is 408 g/mol. The topological polar surface area (TPSA) is 117 Å². The quantitative estimate of drug-likeness (QED) is 0.344. The number of aromatic hydroxyl groups is 1. The number of anilines is 1. The van der Waals surface area contributed by atoms with Crippen LogP contribution in [0.15, 0.2) is 63.2 Å². The van der Waals surface area contributed by atoms with Crippen LogP contribution in [0, 0.1) is 5.82 Å². The zero-order chi connectivity index (χ0) is 21.3. The molecule has 3 N–H and O–H groups in total. The minimum Gasteiger partial charge on any atom is -0.508 e. The molecule has 0 fully saturated rings. The SMILES string of the molecule is Cn1c(=O)[nH]c(=O)c2c1nc(N/N=C/c1cccc(O)c1)n2Cc1ccc(F)cc1. The number of fused-ring (bicyclic) bond motifs is 1. The van der Waals surface area contributed by atoms with Crippen LogP contribution < -0.4 is 16.7 Å². The standard InChI is InChI=1S/C20H17FN6O3/c1-26-17-16(18(29)24-20(26)30)27(11-12-5-7-14(21)8-6-12)19(23-17)25-22-10-13-3-2-4-15(28)9-13/h2-10,28H,11H2,1H3,(H,23,25)(H,24,29,30)/b22-10+. The Balaban J connectivity index is 1.78. The summed E-state index contributed by atoms with van der Waals surface area (Å²) in [6.07, 6.45) is 1.48. The summed E-state index contributed by atoms with van der Waals surface area (Å²) < 4.78 is 16.0. The van der Waals surface area contributed by atoms with Crippen molar-refractivity contribution in [3.63, 3.8) is 0 Å². The minimum absolute atomic E-state index is 0.101. The number of aryl methyl sites for hydroxylation is 1. The Labute approximate surface area is 168 Å². The Morgan fingerprint density at radius 3 is 2.73 bits per heavy atom. The summed E-state index contributed by atoms with van der Waals surface area (Å²) in [7, 11) is 1.50. The van der Waals surface area contributed by atoms with Gasteiger partial charge in [-0.25, -0.2) is 14.6 Å². The summed E-state index contributed by atoms with van der Waals surface area (Å²) >= 11 is 0. The van der Waals surface area contributed by atoms with Crippen molar-refractivity contribution in [3.8, 4) is 5.75 Å². The third kappa shape index (κ3) is 3.70. The number of phenols is 1. The third-order valence-corrected chi connectivity index (χ3v) is 4.51. The fourth-order valence-electron chi connectivity index (χ4n) is 3.02. The first-order valence-electron chi connectivity index (χ1n) is 8.94. The van der Waals surface area contributed by atoms with Crippen molar-refractivity contribution in [1.82, 2.24) is 19.1 Å². The van der Waals surface area contributed by atoms with Crippen molar-refractivity contribution in [2.24, 2.45) is 12.1 Å². The van der Waals surface area contributed by atoms with Crippen molar-refractivity contribution in [3.05, 3.63) is 86.3 Å². The van der Waals surface area contributed by atoms with Crippen LogP contribution in [0.25, 0.3) is 11.2 Å². The lowest BCUT2D eigenvalue weighted by Gasteiger charge is -2.08. The van der Waals surface area contributed by atoms with Crippen LogP contribution in [-0.4, -0.2) is 30.4 Å². The average Bonchev–Trinajstić information content (AvgIpc) is 3.07. The third-order valence-electron chi connectivity index (χ3n) is 4.51. The molecule has 0 saturated carbocycles. The molecule has 0 amide bonds. The van der Waals surface area contributed by atoms with Crippen molar-refractivity contribution in [1.29, 1.82) is 0 Å². The fraction of sp³-hybridized carbons (Fsp3) is 0.100. The van der Waals surface area contributed by atoms with E-state index in [1.54, 1.807) is 34.9 Å². The number of hydrogen-bond donors (Lipinski definition) is 3. The van der Waals surface area contributed by atoms with Crippen LogP contribution in [0.4, 0.5) is 10.3 Å². The second-order valence-electron chi connectivity index (χ2n) is 6.60. The Hall–Kier alpha value is -4.21. The number of phenolic OH excluding ortho intramolecular Hbond substituents is 1. The number of rotatable bonds is 5. The maximum absolute atomic E-state index is 13.3. The number of aromatic amines is 1. The Morgan fingerprint density at radius 1 is 1.23 bits per heavy atom. The summed E-state index contributed by atoms with van der Waals surface area (Å²) in [5.41, 5.74) is 3.33. The first-order chi connectivity index (χ1) is 14.4. The molecule has 4 rings (SSSR count). The Kier molecular flexibility index (Phi) is 4.88. The number of nitrogens with one attached hydrogen (secondary N) is 2. The first-order valence-corrected chi connectivity index (χ1v) is 8.94. The van der Waals surface area contributed by atoms with Gasteiger partial charge in [-0.3, -0.25) is 18.9 Å². The van der Waals surface area contributed by atoms with Crippen molar-refractivity contribution in [2.45, 2.75) is 6.54 Å². The van der Waals surface area contributed by atoms with Gasteiger partial charge in [0.25, 0.3) is 5.56 Å². The van der Waals surface area contributed by atoms with Gasteiger partial charge in [-0.05, 0) is 35.4 Å². The molecular formula is C20H17FN6O3. The molecule has 0 atom stereocenters. The molecule has 0 aliphatic rings. The second kappa shape index (κ2) is 7.66. The van der Waals surface area contributed by atoms with Gasteiger partial charge in [0.15, 0.2) is 11.2 Å². The highest BCUT2D eigenvalue weighted by atomic mass is 19.1. The zero-order valence-electron chi connectivity index (χ0n) is 15.8. The smallest absolute Gasteiger partial charge is 0.329 e. The Bertz CT molecular complexity index is 1370. The lowest BCUT2D eigenvalue weighted by atomic mass is 10.2. The molecule has 152 valence electrons.